The Kier molecular flexibility index (Phi) is 4.56. The Morgan fingerprint density at radius 3 is 3.04 bits per heavy atom. The van der Waals surface area contributed by atoms with E-state index >= 15 is 0 Å². The second-order valence-corrected chi connectivity index (χ2v) is 8.06. The van der Waals surface area contributed by atoms with Gasteiger partial charge in [0.2, 0.25) is 0 Å². The average Bonchev–Trinajstić information content (AvgIpc) is 3.03. The lowest BCUT2D eigenvalue weighted by atomic mass is 9.89. The quantitative estimate of drug-likeness (QED) is 0.694. The Labute approximate surface area is 157 Å². The standard InChI is InChI=1S/C20H21N5S/c1-13-6-7-15-16(11-13)26-20-17(15)19(25(2)10-4-8-21)23-18(24-20)14-5-3-9-22-12-14/h3,5,9,12-13H,4,6-7,10-11H2,1-2H3/t13-/m1/s1. The maximum Gasteiger partial charge on any atom is 0.164 e. The SMILES string of the molecule is C[C@@H]1CCc2c(sc3nc(-c4cccnc4)nc(N(C)CCC#N)c23)C1. The molecule has 0 aromatic carbocycles. The molecule has 1 aliphatic rings. The summed E-state index contributed by atoms with van der Waals surface area (Å²) in [5.41, 5.74) is 2.34. The first kappa shape index (κ1) is 16.9. The van der Waals surface area contributed by atoms with Crippen molar-refractivity contribution in [1.29, 1.82) is 5.26 Å². The number of thiophene rings is 1. The van der Waals surface area contributed by atoms with Gasteiger partial charge >= 0.3 is 0 Å². The molecule has 1 aliphatic carbocycles. The minimum absolute atomic E-state index is 0.480. The van der Waals surface area contributed by atoms with Gasteiger partial charge in [0, 0.05) is 36.4 Å². The van der Waals surface area contributed by atoms with Gasteiger partial charge in [-0.25, -0.2) is 9.97 Å². The first-order chi connectivity index (χ1) is 12.7. The number of anilines is 1. The van der Waals surface area contributed by atoms with Gasteiger partial charge in [0.1, 0.15) is 10.6 Å². The monoisotopic (exact) mass is 363 g/mol. The number of aryl methyl sites for hydroxylation is 1. The molecule has 0 N–H and O–H groups in total. The van der Waals surface area contributed by atoms with E-state index < -0.39 is 0 Å². The highest BCUT2D eigenvalue weighted by atomic mass is 32.1. The van der Waals surface area contributed by atoms with Crippen molar-refractivity contribution in [1.82, 2.24) is 15.0 Å². The van der Waals surface area contributed by atoms with E-state index in [1.165, 1.54) is 22.2 Å². The highest BCUT2D eigenvalue weighted by Gasteiger charge is 2.25. The Hall–Kier alpha value is -2.52. The molecule has 0 fully saturated rings. The number of pyridine rings is 1. The van der Waals surface area contributed by atoms with E-state index in [1.54, 1.807) is 23.7 Å². The van der Waals surface area contributed by atoms with E-state index in [4.69, 9.17) is 15.2 Å². The summed E-state index contributed by atoms with van der Waals surface area (Å²) >= 11 is 1.80. The molecule has 3 heterocycles. The zero-order chi connectivity index (χ0) is 18.1. The minimum atomic E-state index is 0.480. The number of aromatic nitrogens is 3. The normalized spacial score (nSPS) is 16.3. The molecular formula is C20H21N5S. The average molecular weight is 363 g/mol. The predicted octanol–water partition coefficient (Wildman–Crippen LogP) is 4.23. The van der Waals surface area contributed by atoms with Crippen molar-refractivity contribution < 1.29 is 0 Å². The van der Waals surface area contributed by atoms with Gasteiger partial charge in [0.25, 0.3) is 0 Å². The van der Waals surface area contributed by atoms with E-state index in [0.29, 0.717) is 18.8 Å². The number of nitrogens with zero attached hydrogens (tertiary/aromatic N) is 5. The Morgan fingerprint density at radius 1 is 1.38 bits per heavy atom. The van der Waals surface area contributed by atoms with Crippen LogP contribution in [0.15, 0.2) is 24.5 Å². The van der Waals surface area contributed by atoms with Crippen LogP contribution in [-0.4, -0.2) is 28.5 Å². The van der Waals surface area contributed by atoms with Crippen molar-refractivity contribution >= 4 is 27.4 Å². The van der Waals surface area contributed by atoms with E-state index in [9.17, 15) is 0 Å². The molecular weight excluding hydrogens is 342 g/mol. The third kappa shape index (κ3) is 3.04. The van der Waals surface area contributed by atoms with Crippen LogP contribution < -0.4 is 4.90 Å². The van der Waals surface area contributed by atoms with E-state index in [1.807, 2.05) is 19.2 Å². The Morgan fingerprint density at radius 2 is 2.27 bits per heavy atom. The van der Waals surface area contributed by atoms with E-state index in [0.717, 1.165) is 35.0 Å². The fourth-order valence-corrected chi connectivity index (χ4v) is 4.92. The van der Waals surface area contributed by atoms with Gasteiger partial charge in [-0.1, -0.05) is 6.92 Å². The van der Waals surface area contributed by atoms with Crippen LogP contribution in [0.2, 0.25) is 0 Å². The molecule has 3 aromatic heterocycles. The summed E-state index contributed by atoms with van der Waals surface area (Å²) in [5.74, 6) is 2.37. The van der Waals surface area contributed by atoms with Crippen LogP contribution in [0.4, 0.5) is 5.82 Å². The van der Waals surface area contributed by atoms with Crippen LogP contribution in [-0.2, 0) is 12.8 Å². The lowest BCUT2D eigenvalue weighted by molar-refractivity contribution is 0.509. The van der Waals surface area contributed by atoms with Crippen LogP contribution in [0.5, 0.6) is 0 Å². The summed E-state index contributed by atoms with van der Waals surface area (Å²) in [7, 11) is 2.02. The van der Waals surface area contributed by atoms with Gasteiger partial charge in [-0.2, -0.15) is 5.26 Å². The number of rotatable bonds is 4. The molecule has 26 heavy (non-hydrogen) atoms. The highest BCUT2D eigenvalue weighted by molar-refractivity contribution is 7.19. The third-order valence-corrected chi connectivity index (χ3v) is 6.12. The van der Waals surface area contributed by atoms with Crippen molar-refractivity contribution in [3.63, 3.8) is 0 Å². The number of hydrogen-bond donors (Lipinski definition) is 0. The molecule has 0 bridgehead atoms. The van der Waals surface area contributed by atoms with Crippen LogP contribution in [0.1, 0.15) is 30.2 Å². The van der Waals surface area contributed by atoms with Gasteiger partial charge in [-0.3, -0.25) is 4.98 Å². The fraction of sp³-hybridized carbons (Fsp3) is 0.400. The predicted molar refractivity (Wildman–Crippen MR) is 105 cm³/mol. The molecule has 3 aromatic rings. The van der Waals surface area contributed by atoms with Crippen LogP contribution in [0.3, 0.4) is 0 Å². The molecule has 0 spiro atoms. The van der Waals surface area contributed by atoms with Gasteiger partial charge < -0.3 is 4.90 Å². The zero-order valence-corrected chi connectivity index (χ0v) is 15.9. The maximum atomic E-state index is 8.97. The second kappa shape index (κ2) is 7.00. The molecule has 4 rings (SSSR count). The maximum absolute atomic E-state index is 8.97. The molecule has 6 heteroatoms. The lowest BCUT2D eigenvalue weighted by Crippen LogP contribution is -2.20. The number of nitriles is 1. The van der Waals surface area contributed by atoms with Crippen molar-refractivity contribution in [2.75, 3.05) is 18.5 Å². The summed E-state index contributed by atoms with van der Waals surface area (Å²) in [4.78, 5) is 18.6. The smallest absolute Gasteiger partial charge is 0.164 e. The van der Waals surface area contributed by atoms with Crippen molar-refractivity contribution in [3.05, 3.63) is 35.0 Å². The molecule has 0 saturated heterocycles. The first-order valence-corrected chi connectivity index (χ1v) is 9.79. The fourth-order valence-electron chi connectivity index (χ4n) is 3.55. The van der Waals surface area contributed by atoms with Crippen molar-refractivity contribution in [2.45, 2.75) is 32.6 Å². The second-order valence-electron chi connectivity index (χ2n) is 6.97. The van der Waals surface area contributed by atoms with Crippen molar-refractivity contribution in [2.24, 2.45) is 5.92 Å². The first-order valence-electron chi connectivity index (χ1n) is 8.98. The summed E-state index contributed by atoms with van der Waals surface area (Å²) in [6.45, 7) is 2.98. The summed E-state index contributed by atoms with van der Waals surface area (Å²) in [6, 6.07) is 6.13. The lowest BCUT2D eigenvalue weighted by Gasteiger charge is -2.21. The molecule has 5 nitrogen and oxygen atoms in total. The summed E-state index contributed by atoms with van der Waals surface area (Å²) in [5, 5.41) is 10.2. The van der Waals surface area contributed by atoms with E-state index in [2.05, 4.69) is 22.9 Å². The number of hydrogen-bond acceptors (Lipinski definition) is 6. The molecule has 0 unspecified atom stereocenters. The molecule has 1 atom stereocenters. The molecule has 0 saturated carbocycles. The summed E-state index contributed by atoms with van der Waals surface area (Å²) < 4.78 is 0. The van der Waals surface area contributed by atoms with Gasteiger partial charge in [0.05, 0.1) is 17.9 Å². The molecule has 132 valence electrons. The molecule has 0 aliphatic heterocycles. The Balaban J connectivity index is 1.90. The van der Waals surface area contributed by atoms with Crippen molar-refractivity contribution in [3.8, 4) is 17.5 Å². The van der Waals surface area contributed by atoms with Crippen LogP contribution >= 0.6 is 11.3 Å². The zero-order valence-electron chi connectivity index (χ0n) is 15.1. The van der Waals surface area contributed by atoms with Gasteiger partial charge in [-0.15, -0.1) is 11.3 Å². The van der Waals surface area contributed by atoms with E-state index in [-0.39, 0.29) is 0 Å². The summed E-state index contributed by atoms with van der Waals surface area (Å²) in [6.07, 6.45) is 7.46. The van der Waals surface area contributed by atoms with Crippen LogP contribution in [0.25, 0.3) is 21.6 Å². The molecule has 0 radical (unpaired) electrons. The van der Waals surface area contributed by atoms with Gasteiger partial charge in [0.15, 0.2) is 5.82 Å². The van der Waals surface area contributed by atoms with Gasteiger partial charge in [-0.05, 0) is 42.9 Å². The topological polar surface area (TPSA) is 65.7 Å². The minimum Gasteiger partial charge on any atom is -0.358 e. The molecule has 0 amide bonds. The Bertz CT molecular complexity index is 973. The largest absolute Gasteiger partial charge is 0.358 e. The number of fused-ring (bicyclic) bond motifs is 3. The third-order valence-electron chi connectivity index (χ3n) is 4.98. The highest BCUT2D eigenvalue weighted by Crippen LogP contribution is 2.41. The van der Waals surface area contributed by atoms with Crippen LogP contribution in [0, 0.1) is 17.2 Å².